The van der Waals surface area contributed by atoms with Crippen LogP contribution < -0.4 is 5.73 Å². The number of nitrogens with zero attached hydrogens (tertiary/aromatic N) is 2. The van der Waals surface area contributed by atoms with Crippen molar-refractivity contribution < 1.29 is 4.74 Å². The first-order chi connectivity index (χ1) is 7.25. The topological polar surface area (TPSA) is 61.0 Å². The fourth-order valence-electron chi connectivity index (χ4n) is 1.80. The molecular formula is C10H14ClN3O. The Bertz CT molecular complexity index is 339. The first kappa shape index (κ1) is 10.6. The molecule has 4 nitrogen and oxygen atoms in total. The first-order valence-corrected chi connectivity index (χ1v) is 5.49. The largest absolute Gasteiger partial charge is 0.396 e. The second-order valence-electron chi connectivity index (χ2n) is 3.87. The van der Waals surface area contributed by atoms with Gasteiger partial charge in [-0.15, -0.1) is 5.10 Å². The molecule has 1 aromatic heterocycles. The summed E-state index contributed by atoms with van der Waals surface area (Å²) in [5.41, 5.74) is 7.05. The number of halogens is 1. The molecule has 1 aromatic rings. The molecule has 1 saturated heterocycles. The van der Waals surface area contributed by atoms with Gasteiger partial charge in [-0.05, 0) is 31.2 Å². The second-order valence-corrected chi connectivity index (χ2v) is 4.23. The van der Waals surface area contributed by atoms with E-state index in [2.05, 4.69) is 10.2 Å². The van der Waals surface area contributed by atoms with Crippen LogP contribution in [0.3, 0.4) is 0 Å². The Labute approximate surface area is 93.8 Å². The fourth-order valence-corrected chi connectivity index (χ4v) is 1.89. The summed E-state index contributed by atoms with van der Waals surface area (Å²) in [6.45, 7) is 1.69. The van der Waals surface area contributed by atoms with Crippen molar-refractivity contribution in [3.05, 3.63) is 16.9 Å². The highest BCUT2D eigenvalue weighted by molar-refractivity contribution is 6.31. The monoisotopic (exact) mass is 227 g/mol. The third kappa shape index (κ3) is 2.79. The van der Waals surface area contributed by atoms with Gasteiger partial charge >= 0.3 is 0 Å². The van der Waals surface area contributed by atoms with Gasteiger partial charge in [-0.3, -0.25) is 0 Å². The van der Waals surface area contributed by atoms with Gasteiger partial charge in [0.05, 0.1) is 11.4 Å². The molecule has 1 atom stereocenters. The molecule has 1 fully saturated rings. The van der Waals surface area contributed by atoms with Crippen molar-refractivity contribution in [1.82, 2.24) is 10.2 Å². The van der Waals surface area contributed by atoms with Crippen LogP contribution in [0.2, 0.25) is 5.15 Å². The van der Waals surface area contributed by atoms with E-state index in [0.717, 1.165) is 31.7 Å². The van der Waals surface area contributed by atoms with Crippen LogP contribution in [0.15, 0.2) is 6.07 Å². The van der Waals surface area contributed by atoms with E-state index in [4.69, 9.17) is 22.1 Å². The average molecular weight is 228 g/mol. The molecule has 1 unspecified atom stereocenters. The van der Waals surface area contributed by atoms with Gasteiger partial charge in [-0.25, -0.2) is 0 Å². The third-order valence-corrected chi connectivity index (χ3v) is 2.87. The Morgan fingerprint density at radius 2 is 2.40 bits per heavy atom. The maximum absolute atomic E-state index is 5.70. The molecule has 1 aliphatic rings. The van der Waals surface area contributed by atoms with Gasteiger partial charge in [-0.1, -0.05) is 11.6 Å². The average Bonchev–Trinajstić information content (AvgIpc) is 2.25. The Morgan fingerprint density at radius 1 is 1.53 bits per heavy atom. The predicted octanol–water partition coefficient (Wildman–Crippen LogP) is 1.68. The van der Waals surface area contributed by atoms with Gasteiger partial charge < -0.3 is 10.5 Å². The summed E-state index contributed by atoms with van der Waals surface area (Å²) < 4.78 is 5.40. The van der Waals surface area contributed by atoms with Crippen molar-refractivity contribution in [3.8, 4) is 0 Å². The number of ether oxygens (including phenoxy) is 1. The SMILES string of the molecule is Nc1cc(CC2CCCOC2)nnc1Cl. The van der Waals surface area contributed by atoms with E-state index in [1.807, 2.05) is 0 Å². The van der Waals surface area contributed by atoms with Gasteiger partial charge in [0.2, 0.25) is 0 Å². The third-order valence-electron chi connectivity index (χ3n) is 2.58. The van der Waals surface area contributed by atoms with Crippen molar-refractivity contribution in [2.75, 3.05) is 18.9 Å². The standard InChI is InChI=1S/C10H14ClN3O/c11-10-9(12)5-8(13-14-10)4-7-2-1-3-15-6-7/h5,7H,1-4,6H2,(H2,12,13). The number of hydrogen-bond donors (Lipinski definition) is 1. The quantitative estimate of drug-likeness (QED) is 0.835. The van der Waals surface area contributed by atoms with E-state index in [9.17, 15) is 0 Å². The molecular weight excluding hydrogens is 214 g/mol. The molecule has 2 N–H and O–H groups in total. The maximum Gasteiger partial charge on any atom is 0.174 e. The lowest BCUT2D eigenvalue weighted by Gasteiger charge is -2.21. The van der Waals surface area contributed by atoms with Gasteiger partial charge in [0.25, 0.3) is 0 Å². The van der Waals surface area contributed by atoms with E-state index in [1.54, 1.807) is 6.07 Å². The zero-order chi connectivity index (χ0) is 10.7. The lowest BCUT2D eigenvalue weighted by atomic mass is 9.97. The normalized spacial score (nSPS) is 21.5. The summed E-state index contributed by atoms with van der Waals surface area (Å²) in [4.78, 5) is 0. The lowest BCUT2D eigenvalue weighted by Crippen LogP contribution is -2.19. The van der Waals surface area contributed by atoms with E-state index in [0.29, 0.717) is 11.6 Å². The molecule has 2 rings (SSSR count). The van der Waals surface area contributed by atoms with Crippen LogP contribution in [-0.4, -0.2) is 23.4 Å². The summed E-state index contributed by atoms with van der Waals surface area (Å²) in [6, 6.07) is 1.80. The van der Waals surface area contributed by atoms with Gasteiger partial charge in [0, 0.05) is 13.2 Å². The minimum atomic E-state index is 0.277. The minimum Gasteiger partial charge on any atom is -0.396 e. The number of nitrogens with two attached hydrogens (primary N) is 1. The van der Waals surface area contributed by atoms with Crippen LogP contribution in [0.5, 0.6) is 0 Å². The molecule has 5 heteroatoms. The molecule has 82 valence electrons. The maximum atomic E-state index is 5.70. The summed E-state index contributed by atoms with van der Waals surface area (Å²) in [7, 11) is 0. The minimum absolute atomic E-state index is 0.277. The lowest BCUT2D eigenvalue weighted by molar-refractivity contribution is 0.0546. The molecule has 0 radical (unpaired) electrons. The molecule has 0 aliphatic carbocycles. The molecule has 0 bridgehead atoms. The molecule has 15 heavy (non-hydrogen) atoms. The van der Waals surface area contributed by atoms with Crippen LogP contribution in [0.4, 0.5) is 5.69 Å². The van der Waals surface area contributed by atoms with Gasteiger partial charge in [0.15, 0.2) is 5.15 Å². The fraction of sp³-hybridized carbons (Fsp3) is 0.600. The van der Waals surface area contributed by atoms with E-state index in [1.165, 1.54) is 6.42 Å². The number of hydrogen-bond acceptors (Lipinski definition) is 4. The van der Waals surface area contributed by atoms with Crippen LogP contribution in [0, 0.1) is 5.92 Å². The van der Waals surface area contributed by atoms with Crippen molar-refractivity contribution in [1.29, 1.82) is 0 Å². The Hall–Kier alpha value is -0.870. The first-order valence-electron chi connectivity index (χ1n) is 5.11. The molecule has 0 spiro atoms. The Balaban J connectivity index is 2.00. The highest BCUT2D eigenvalue weighted by Gasteiger charge is 2.15. The van der Waals surface area contributed by atoms with Crippen LogP contribution in [0.25, 0.3) is 0 Å². The summed E-state index contributed by atoms with van der Waals surface area (Å²) in [6.07, 6.45) is 3.18. The number of nitrogen functional groups attached to an aromatic ring is 1. The van der Waals surface area contributed by atoms with Crippen molar-refractivity contribution >= 4 is 17.3 Å². The summed E-state index contributed by atoms with van der Waals surface area (Å²) >= 11 is 5.70. The van der Waals surface area contributed by atoms with E-state index < -0.39 is 0 Å². The molecule has 2 heterocycles. The second kappa shape index (κ2) is 4.77. The van der Waals surface area contributed by atoms with Crippen molar-refractivity contribution in [2.45, 2.75) is 19.3 Å². The van der Waals surface area contributed by atoms with Crippen molar-refractivity contribution in [3.63, 3.8) is 0 Å². The highest BCUT2D eigenvalue weighted by Crippen LogP contribution is 2.20. The predicted molar refractivity (Wildman–Crippen MR) is 58.7 cm³/mol. The Morgan fingerprint density at radius 3 is 3.07 bits per heavy atom. The molecule has 0 saturated carbocycles. The van der Waals surface area contributed by atoms with Crippen LogP contribution in [-0.2, 0) is 11.2 Å². The smallest absolute Gasteiger partial charge is 0.174 e. The van der Waals surface area contributed by atoms with Gasteiger partial charge in [0.1, 0.15) is 0 Å². The van der Waals surface area contributed by atoms with E-state index >= 15 is 0 Å². The van der Waals surface area contributed by atoms with Crippen LogP contribution >= 0.6 is 11.6 Å². The van der Waals surface area contributed by atoms with Gasteiger partial charge in [-0.2, -0.15) is 5.10 Å². The van der Waals surface area contributed by atoms with Crippen LogP contribution in [0.1, 0.15) is 18.5 Å². The zero-order valence-electron chi connectivity index (χ0n) is 8.45. The molecule has 0 amide bonds. The summed E-state index contributed by atoms with van der Waals surface area (Å²) in [5.74, 6) is 0.536. The molecule has 0 aromatic carbocycles. The number of aromatic nitrogens is 2. The molecule has 1 aliphatic heterocycles. The number of rotatable bonds is 2. The Kier molecular flexibility index (Phi) is 3.38. The van der Waals surface area contributed by atoms with E-state index in [-0.39, 0.29) is 5.15 Å². The highest BCUT2D eigenvalue weighted by atomic mass is 35.5. The zero-order valence-corrected chi connectivity index (χ0v) is 9.20. The summed E-state index contributed by atoms with van der Waals surface area (Å²) in [5, 5.41) is 8.09. The van der Waals surface area contributed by atoms with Crippen molar-refractivity contribution in [2.24, 2.45) is 5.92 Å². The number of anilines is 1.